The first-order valence-electron chi connectivity index (χ1n) is 11.1. The number of carbonyl (C=O) groups excluding carboxylic acids is 1. The Bertz CT molecular complexity index is 1330. The van der Waals surface area contributed by atoms with Gasteiger partial charge in [0, 0.05) is 0 Å². The Morgan fingerprint density at radius 1 is 1.00 bits per heavy atom. The maximum absolute atomic E-state index is 13.4. The van der Waals surface area contributed by atoms with Crippen LogP contribution in [0.25, 0.3) is 0 Å². The molecule has 0 bridgehead atoms. The van der Waals surface area contributed by atoms with Crippen molar-refractivity contribution in [1.29, 1.82) is 0 Å². The molecule has 0 aliphatic heterocycles. The lowest BCUT2D eigenvalue weighted by Crippen LogP contribution is -2.39. The highest BCUT2D eigenvalue weighted by molar-refractivity contribution is 7.92. The van der Waals surface area contributed by atoms with Crippen LogP contribution in [0.1, 0.15) is 16.7 Å². The van der Waals surface area contributed by atoms with Crippen LogP contribution in [0.15, 0.2) is 89.4 Å². The summed E-state index contributed by atoms with van der Waals surface area (Å²) in [6, 6.07) is 18.6. The fourth-order valence-electron chi connectivity index (χ4n) is 3.24. The summed E-state index contributed by atoms with van der Waals surface area (Å²) in [5, 5.41) is 3.98. The maximum atomic E-state index is 13.4. The average Bonchev–Trinajstić information content (AvgIpc) is 2.87. The van der Waals surface area contributed by atoms with Gasteiger partial charge < -0.3 is 9.47 Å². The molecule has 0 aliphatic carbocycles. The number of ether oxygens (including phenoxy) is 2. The van der Waals surface area contributed by atoms with Crippen LogP contribution in [0.3, 0.4) is 0 Å². The van der Waals surface area contributed by atoms with Crippen LogP contribution in [-0.4, -0.2) is 40.8 Å². The number of anilines is 1. The standard InChI is InChI=1S/C27H29N3O5S/c1-5-16-35-25-15-10-22(17-26(25)34-4)18-28-29-27(31)19-30(23-11-6-20(2)7-12-23)36(32,33)24-13-8-21(3)9-14-24/h5-15,17-18H,1,16,19H2,2-4H3,(H,29,31)/b28-18-. The van der Waals surface area contributed by atoms with E-state index in [2.05, 4.69) is 17.1 Å². The van der Waals surface area contributed by atoms with Gasteiger partial charge in [0.2, 0.25) is 0 Å². The molecule has 3 aromatic carbocycles. The van der Waals surface area contributed by atoms with Crippen molar-refractivity contribution in [2.75, 3.05) is 24.6 Å². The minimum atomic E-state index is -3.99. The van der Waals surface area contributed by atoms with E-state index in [0.717, 1.165) is 15.4 Å². The minimum Gasteiger partial charge on any atom is -0.493 e. The molecule has 9 heteroatoms. The van der Waals surface area contributed by atoms with Crippen molar-refractivity contribution in [1.82, 2.24) is 5.43 Å². The summed E-state index contributed by atoms with van der Waals surface area (Å²) in [4.78, 5) is 12.8. The third kappa shape index (κ3) is 6.73. The molecule has 0 saturated carbocycles. The third-order valence-electron chi connectivity index (χ3n) is 5.17. The molecule has 0 aliphatic rings. The fourth-order valence-corrected chi connectivity index (χ4v) is 4.66. The number of carbonyl (C=O) groups is 1. The number of nitrogens with zero attached hydrogens (tertiary/aromatic N) is 2. The van der Waals surface area contributed by atoms with Gasteiger partial charge in [0.05, 0.1) is 23.9 Å². The second-order valence-electron chi connectivity index (χ2n) is 7.96. The highest BCUT2D eigenvalue weighted by Crippen LogP contribution is 2.27. The second-order valence-corrected chi connectivity index (χ2v) is 9.83. The summed E-state index contributed by atoms with van der Waals surface area (Å²) in [6.45, 7) is 7.27. The van der Waals surface area contributed by atoms with Gasteiger partial charge in [0.15, 0.2) is 11.5 Å². The van der Waals surface area contributed by atoms with E-state index in [4.69, 9.17) is 9.47 Å². The summed E-state index contributed by atoms with van der Waals surface area (Å²) in [7, 11) is -2.47. The van der Waals surface area contributed by atoms with Crippen molar-refractivity contribution < 1.29 is 22.7 Å². The average molecular weight is 508 g/mol. The molecule has 0 aromatic heterocycles. The number of hydrogen-bond donors (Lipinski definition) is 1. The molecule has 0 spiro atoms. The molecule has 0 saturated heterocycles. The summed E-state index contributed by atoms with van der Waals surface area (Å²) in [5.74, 6) is 0.455. The van der Waals surface area contributed by atoms with Crippen LogP contribution in [0.5, 0.6) is 11.5 Å². The second kappa shape index (κ2) is 12.0. The Kier molecular flexibility index (Phi) is 8.86. The molecule has 3 aromatic rings. The molecule has 188 valence electrons. The number of hydrazone groups is 1. The Labute approximate surface area is 211 Å². The first-order chi connectivity index (χ1) is 17.2. The zero-order valence-corrected chi connectivity index (χ0v) is 21.3. The lowest BCUT2D eigenvalue weighted by Gasteiger charge is -2.24. The van der Waals surface area contributed by atoms with E-state index >= 15 is 0 Å². The number of methoxy groups -OCH3 is 1. The molecular formula is C27H29N3O5S. The van der Waals surface area contributed by atoms with Crippen LogP contribution in [0.4, 0.5) is 5.69 Å². The van der Waals surface area contributed by atoms with Gasteiger partial charge in [-0.1, -0.05) is 48.0 Å². The number of amides is 1. The van der Waals surface area contributed by atoms with Gasteiger partial charge in [0.25, 0.3) is 15.9 Å². The van der Waals surface area contributed by atoms with Gasteiger partial charge in [-0.15, -0.1) is 0 Å². The highest BCUT2D eigenvalue weighted by Gasteiger charge is 2.27. The van der Waals surface area contributed by atoms with Crippen LogP contribution in [0, 0.1) is 13.8 Å². The number of rotatable bonds is 11. The number of nitrogens with one attached hydrogen (secondary N) is 1. The third-order valence-corrected chi connectivity index (χ3v) is 6.95. The lowest BCUT2D eigenvalue weighted by atomic mass is 10.2. The zero-order chi connectivity index (χ0) is 26.1. The fraction of sp³-hybridized carbons (Fsp3) is 0.185. The number of sulfonamides is 1. The molecule has 36 heavy (non-hydrogen) atoms. The van der Waals surface area contributed by atoms with Crippen LogP contribution in [-0.2, 0) is 14.8 Å². The van der Waals surface area contributed by atoms with E-state index in [-0.39, 0.29) is 4.90 Å². The number of hydrogen-bond acceptors (Lipinski definition) is 6. The highest BCUT2D eigenvalue weighted by atomic mass is 32.2. The van der Waals surface area contributed by atoms with Gasteiger partial charge in [-0.25, -0.2) is 13.8 Å². The van der Waals surface area contributed by atoms with Gasteiger partial charge in [-0.2, -0.15) is 5.10 Å². The van der Waals surface area contributed by atoms with Crippen molar-refractivity contribution in [2.24, 2.45) is 5.10 Å². The van der Waals surface area contributed by atoms with Gasteiger partial charge in [-0.3, -0.25) is 9.10 Å². The summed E-state index contributed by atoms with van der Waals surface area (Å²) in [6.07, 6.45) is 3.06. The van der Waals surface area contributed by atoms with E-state index < -0.39 is 22.5 Å². The van der Waals surface area contributed by atoms with E-state index in [9.17, 15) is 13.2 Å². The summed E-state index contributed by atoms with van der Waals surface area (Å²) < 4.78 is 38.7. The molecule has 0 atom stereocenters. The maximum Gasteiger partial charge on any atom is 0.264 e. The Hall–Kier alpha value is -4.11. The van der Waals surface area contributed by atoms with Crippen molar-refractivity contribution in [3.05, 3.63) is 96.1 Å². The summed E-state index contributed by atoms with van der Waals surface area (Å²) in [5.41, 5.74) is 5.33. The van der Waals surface area contributed by atoms with Gasteiger partial charge in [-0.05, 0) is 61.9 Å². The van der Waals surface area contributed by atoms with Crippen molar-refractivity contribution >= 4 is 27.8 Å². The molecule has 0 heterocycles. The monoisotopic (exact) mass is 507 g/mol. The van der Waals surface area contributed by atoms with E-state index in [0.29, 0.717) is 29.4 Å². The van der Waals surface area contributed by atoms with Crippen LogP contribution < -0.4 is 19.2 Å². The Morgan fingerprint density at radius 3 is 2.25 bits per heavy atom. The van der Waals surface area contributed by atoms with Crippen LogP contribution >= 0.6 is 0 Å². The lowest BCUT2D eigenvalue weighted by molar-refractivity contribution is -0.119. The Morgan fingerprint density at radius 2 is 1.64 bits per heavy atom. The molecule has 3 rings (SSSR count). The molecule has 1 N–H and O–H groups in total. The van der Waals surface area contributed by atoms with Gasteiger partial charge in [0.1, 0.15) is 13.2 Å². The number of aryl methyl sites for hydroxylation is 2. The van der Waals surface area contributed by atoms with E-state index in [1.54, 1.807) is 60.7 Å². The van der Waals surface area contributed by atoms with Crippen molar-refractivity contribution in [3.8, 4) is 11.5 Å². The molecule has 1 amide bonds. The zero-order valence-electron chi connectivity index (χ0n) is 20.5. The number of benzene rings is 3. The summed E-state index contributed by atoms with van der Waals surface area (Å²) >= 11 is 0. The smallest absolute Gasteiger partial charge is 0.264 e. The van der Waals surface area contributed by atoms with Crippen molar-refractivity contribution in [3.63, 3.8) is 0 Å². The largest absolute Gasteiger partial charge is 0.493 e. The van der Waals surface area contributed by atoms with E-state index in [1.165, 1.54) is 25.5 Å². The first kappa shape index (κ1) is 26.5. The normalized spacial score (nSPS) is 11.2. The predicted octanol–water partition coefficient (Wildman–Crippen LogP) is 4.22. The quantitative estimate of drug-likeness (QED) is 0.238. The van der Waals surface area contributed by atoms with Crippen LogP contribution in [0.2, 0.25) is 0 Å². The minimum absolute atomic E-state index is 0.0934. The molecule has 8 nitrogen and oxygen atoms in total. The van der Waals surface area contributed by atoms with Gasteiger partial charge >= 0.3 is 0 Å². The molecule has 0 fully saturated rings. The van der Waals surface area contributed by atoms with Crippen molar-refractivity contribution in [2.45, 2.75) is 18.7 Å². The Balaban J connectivity index is 1.78. The SMILES string of the molecule is C=CCOc1ccc(/C=N\NC(=O)CN(c2ccc(C)cc2)S(=O)(=O)c2ccc(C)cc2)cc1OC. The van der Waals surface area contributed by atoms with E-state index in [1.807, 2.05) is 13.8 Å². The molecule has 0 unspecified atom stereocenters. The first-order valence-corrected chi connectivity index (χ1v) is 12.6. The molecular weight excluding hydrogens is 478 g/mol. The predicted molar refractivity (Wildman–Crippen MR) is 141 cm³/mol. The topological polar surface area (TPSA) is 97.3 Å². The molecule has 0 radical (unpaired) electrons.